The number of nitrogens with zero attached hydrogens (tertiary/aromatic N) is 1. The molecule has 1 heterocycles. The maximum Gasteiger partial charge on any atom is 0.254 e. The fourth-order valence-electron chi connectivity index (χ4n) is 1.86. The molecule has 1 fully saturated rings. The van der Waals surface area contributed by atoms with Crippen molar-refractivity contribution in [2.24, 2.45) is 5.73 Å². The summed E-state index contributed by atoms with van der Waals surface area (Å²) in [7, 11) is 0. The molecule has 2 rings (SSSR count). The van der Waals surface area contributed by atoms with E-state index in [1.165, 1.54) is 18.2 Å². The van der Waals surface area contributed by atoms with Gasteiger partial charge in [-0.15, -0.1) is 0 Å². The van der Waals surface area contributed by atoms with Crippen molar-refractivity contribution >= 4 is 21.8 Å². The smallest absolute Gasteiger partial charge is 0.254 e. The van der Waals surface area contributed by atoms with Crippen LogP contribution in [-0.4, -0.2) is 43.2 Å². The maximum absolute atomic E-state index is 13.1. The fourth-order valence-corrected chi connectivity index (χ4v) is 2.24. The predicted molar refractivity (Wildman–Crippen MR) is 68.8 cm³/mol. The third kappa shape index (κ3) is 2.88. The molecule has 0 aromatic heterocycles. The molecule has 0 spiro atoms. The molecule has 2 N–H and O–H groups in total. The van der Waals surface area contributed by atoms with Gasteiger partial charge >= 0.3 is 0 Å². The van der Waals surface area contributed by atoms with Crippen LogP contribution in [-0.2, 0) is 4.74 Å². The average molecular weight is 317 g/mol. The molecule has 0 bridgehead atoms. The SMILES string of the molecule is NCC1CN(C(=O)c2ccc(F)c(Br)c2)CCO1. The van der Waals surface area contributed by atoms with Gasteiger partial charge in [-0.05, 0) is 34.1 Å². The molecule has 1 amide bonds. The lowest BCUT2D eigenvalue weighted by molar-refractivity contribution is -0.0167. The first-order valence-electron chi connectivity index (χ1n) is 5.68. The van der Waals surface area contributed by atoms with Crippen LogP contribution in [0.5, 0.6) is 0 Å². The highest BCUT2D eigenvalue weighted by atomic mass is 79.9. The fraction of sp³-hybridized carbons (Fsp3) is 0.417. The molecule has 1 saturated heterocycles. The molecule has 0 radical (unpaired) electrons. The van der Waals surface area contributed by atoms with Crippen molar-refractivity contribution in [2.45, 2.75) is 6.10 Å². The van der Waals surface area contributed by atoms with Crippen LogP contribution in [0.1, 0.15) is 10.4 Å². The van der Waals surface area contributed by atoms with Crippen LogP contribution in [0.3, 0.4) is 0 Å². The first-order valence-corrected chi connectivity index (χ1v) is 6.47. The first kappa shape index (κ1) is 13.5. The molecule has 0 aliphatic carbocycles. The number of benzene rings is 1. The Morgan fingerprint density at radius 2 is 2.39 bits per heavy atom. The zero-order valence-corrected chi connectivity index (χ0v) is 11.3. The minimum atomic E-state index is -0.381. The molecule has 98 valence electrons. The Morgan fingerprint density at radius 3 is 3.06 bits per heavy atom. The quantitative estimate of drug-likeness (QED) is 0.897. The number of ether oxygens (including phenoxy) is 1. The van der Waals surface area contributed by atoms with Crippen LogP contribution in [0.2, 0.25) is 0 Å². The first-order chi connectivity index (χ1) is 8.61. The van der Waals surface area contributed by atoms with Gasteiger partial charge in [-0.3, -0.25) is 4.79 Å². The van der Waals surface area contributed by atoms with E-state index < -0.39 is 0 Å². The number of rotatable bonds is 2. The topological polar surface area (TPSA) is 55.6 Å². The Morgan fingerprint density at radius 1 is 1.61 bits per heavy atom. The average Bonchev–Trinajstić information content (AvgIpc) is 2.41. The number of halogens is 2. The molecular formula is C12H14BrFN2O2. The van der Waals surface area contributed by atoms with E-state index in [0.717, 1.165) is 0 Å². The maximum atomic E-state index is 13.1. The summed E-state index contributed by atoms with van der Waals surface area (Å²) in [6.07, 6.45) is -0.119. The van der Waals surface area contributed by atoms with Gasteiger partial charge in [0.15, 0.2) is 0 Å². The molecule has 18 heavy (non-hydrogen) atoms. The normalized spacial score (nSPS) is 19.9. The van der Waals surface area contributed by atoms with Gasteiger partial charge in [0, 0.05) is 25.2 Å². The largest absolute Gasteiger partial charge is 0.373 e. The molecule has 0 saturated carbocycles. The summed E-state index contributed by atoms with van der Waals surface area (Å²) in [5.41, 5.74) is 5.99. The van der Waals surface area contributed by atoms with Crippen LogP contribution in [0.25, 0.3) is 0 Å². The molecule has 1 aliphatic rings. The molecule has 1 aromatic carbocycles. The standard InChI is InChI=1S/C12H14BrFN2O2/c13-10-5-8(1-2-11(10)14)12(17)16-3-4-18-9(6-15)7-16/h1-2,5,9H,3-4,6-7,15H2. The Kier molecular flexibility index (Phi) is 4.31. The van der Waals surface area contributed by atoms with Gasteiger partial charge in [-0.1, -0.05) is 0 Å². The Labute approximate surface area is 113 Å². The van der Waals surface area contributed by atoms with Crippen molar-refractivity contribution in [2.75, 3.05) is 26.2 Å². The second kappa shape index (κ2) is 5.77. The van der Waals surface area contributed by atoms with Crippen molar-refractivity contribution in [3.05, 3.63) is 34.1 Å². The van der Waals surface area contributed by atoms with Gasteiger partial charge in [-0.2, -0.15) is 0 Å². The van der Waals surface area contributed by atoms with E-state index in [2.05, 4.69) is 15.9 Å². The monoisotopic (exact) mass is 316 g/mol. The van der Waals surface area contributed by atoms with Gasteiger partial charge in [0.05, 0.1) is 17.2 Å². The van der Waals surface area contributed by atoms with E-state index in [4.69, 9.17) is 10.5 Å². The van der Waals surface area contributed by atoms with Crippen molar-refractivity contribution in [3.63, 3.8) is 0 Å². The van der Waals surface area contributed by atoms with Gasteiger partial charge < -0.3 is 15.4 Å². The van der Waals surface area contributed by atoms with Crippen molar-refractivity contribution in [1.29, 1.82) is 0 Å². The van der Waals surface area contributed by atoms with E-state index in [1.54, 1.807) is 4.90 Å². The Balaban J connectivity index is 2.12. The lowest BCUT2D eigenvalue weighted by Gasteiger charge is -2.32. The van der Waals surface area contributed by atoms with E-state index in [-0.39, 0.29) is 22.3 Å². The van der Waals surface area contributed by atoms with Crippen LogP contribution in [0, 0.1) is 5.82 Å². The zero-order chi connectivity index (χ0) is 13.1. The summed E-state index contributed by atoms with van der Waals surface area (Å²) in [5, 5.41) is 0. The van der Waals surface area contributed by atoms with Gasteiger partial charge in [0.1, 0.15) is 5.82 Å². The van der Waals surface area contributed by atoms with E-state index in [0.29, 0.717) is 31.8 Å². The lowest BCUT2D eigenvalue weighted by Crippen LogP contribution is -2.48. The van der Waals surface area contributed by atoms with Crippen molar-refractivity contribution in [1.82, 2.24) is 4.90 Å². The number of hydrogen-bond donors (Lipinski definition) is 1. The summed E-state index contributed by atoms with van der Waals surface area (Å²) in [5.74, 6) is -0.509. The molecule has 1 atom stereocenters. The van der Waals surface area contributed by atoms with Crippen LogP contribution in [0.4, 0.5) is 4.39 Å². The molecule has 6 heteroatoms. The summed E-state index contributed by atoms with van der Waals surface area (Å²) in [4.78, 5) is 13.9. The number of morpholine rings is 1. The number of nitrogens with two attached hydrogens (primary N) is 1. The lowest BCUT2D eigenvalue weighted by atomic mass is 10.1. The summed E-state index contributed by atoms with van der Waals surface area (Å²) in [6, 6.07) is 4.25. The predicted octanol–water partition coefficient (Wildman–Crippen LogP) is 1.39. The van der Waals surface area contributed by atoms with Gasteiger partial charge in [0.2, 0.25) is 0 Å². The van der Waals surface area contributed by atoms with Crippen LogP contribution in [0.15, 0.2) is 22.7 Å². The van der Waals surface area contributed by atoms with Crippen LogP contribution >= 0.6 is 15.9 Å². The third-order valence-corrected chi connectivity index (χ3v) is 3.46. The number of hydrogen-bond acceptors (Lipinski definition) is 3. The van der Waals surface area contributed by atoms with E-state index >= 15 is 0 Å². The minimum Gasteiger partial charge on any atom is -0.373 e. The molecule has 4 nitrogen and oxygen atoms in total. The number of amides is 1. The van der Waals surface area contributed by atoms with Gasteiger partial charge in [-0.25, -0.2) is 4.39 Å². The highest BCUT2D eigenvalue weighted by Gasteiger charge is 2.24. The van der Waals surface area contributed by atoms with Crippen molar-refractivity contribution in [3.8, 4) is 0 Å². The summed E-state index contributed by atoms with van der Waals surface area (Å²) in [6.45, 7) is 1.88. The summed E-state index contributed by atoms with van der Waals surface area (Å²) < 4.78 is 18.8. The third-order valence-electron chi connectivity index (χ3n) is 2.86. The molecular weight excluding hydrogens is 303 g/mol. The Bertz CT molecular complexity index is 456. The zero-order valence-electron chi connectivity index (χ0n) is 9.73. The van der Waals surface area contributed by atoms with E-state index in [9.17, 15) is 9.18 Å². The highest BCUT2D eigenvalue weighted by molar-refractivity contribution is 9.10. The number of carbonyl (C=O) groups excluding carboxylic acids is 1. The summed E-state index contributed by atoms with van der Waals surface area (Å²) >= 11 is 3.07. The molecule has 1 aliphatic heterocycles. The molecule has 1 unspecified atom stereocenters. The van der Waals surface area contributed by atoms with Crippen molar-refractivity contribution < 1.29 is 13.9 Å². The minimum absolute atomic E-state index is 0.119. The Hall–Kier alpha value is -0.980. The molecule has 1 aromatic rings. The van der Waals surface area contributed by atoms with E-state index in [1.807, 2.05) is 0 Å². The van der Waals surface area contributed by atoms with Gasteiger partial charge in [0.25, 0.3) is 5.91 Å². The van der Waals surface area contributed by atoms with Crippen LogP contribution < -0.4 is 5.73 Å². The second-order valence-corrected chi connectivity index (χ2v) is 4.96. The second-order valence-electron chi connectivity index (χ2n) is 4.11. The number of carbonyl (C=O) groups is 1. The highest BCUT2D eigenvalue weighted by Crippen LogP contribution is 2.18.